The minimum Gasteiger partial charge on any atom is -0.494 e. The molecule has 86 valence electrons. The predicted octanol–water partition coefficient (Wildman–Crippen LogP) is 0.664. The Balaban J connectivity index is 2.10. The third-order valence-corrected chi connectivity index (χ3v) is 2.57. The van der Waals surface area contributed by atoms with E-state index in [1.807, 2.05) is 0 Å². The monoisotopic (exact) mass is 224 g/mol. The van der Waals surface area contributed by atoms with E-state index in [1.54, 1.807) is 0 Å². The van der Waals surface area contributed by atoms with Crippen LogP contribution >= 0.6 is 0 Å². The van der Waals surface area contributed by atoms with E-state index >= 15 is 0 Å². The first kappa shape index (κ1) is 10.9. The largest absolute Gasteiger partial charge is 0.494 e. The van der Waals surface area contributed by atoms with Gasteiger partial charge >= 0.3 is 0 Å². The van der Waals surface area contributed by atoms with Gasteiger partial charge in [-0.15, -0.1) is 0 Å². The normalized spacial score (nSPS) is 22.7. The summed E-state index contributed by atoms with van der Waals surface area (Å²) in [6.45, 7) is 0. The fraction of sp³-hybridized carbons (Fsp3) is 0.364. The van der Waals surface area contributed by atoms with E-state index < -0.39 is 5.82 Å². The second-order valence-corrected chi connectivity index (χ2v) is 3.83. The van der Waals surface area contributed by atoms with Gasteiger partial charge in [-0.05, 0) is 24.6 Å². The van der Waals surface area contributed by atoms with Gasteiger partial charge in [-0.3, -0.25) is 4.79 Å². The summed E-state index contributed by atoms with van der Waals surface area (Å²) in [7, 11) is 1.36. The van der Waals surface area contributed by atoms with Crippen molar-refractivity contribution in [2.75, 3.05) is 7.11 Å². The highest BCUT2D eigenvalue weighted by atomic mass is 19.1. The van der Waals surface area contributed by atoms with E-state index in [2.05, 4.69) is 5.32 Å². The Morgan fingerprint density at radius 1 is 1.62 bits per heavy atom. The number of hydrogen-bond donors (Lipinski definition) is 2. The standard InChI is InChI=1S/C11H13FN2O2/c1-16-10-4-6(2-3-7(10)12)11(15)14-9-5-8(9)13/h2-4,8-9H,5,13H2,1H3,(H,14,15). The molecule has 1 saturated carbocycles. The van der Waals surface area contributed by atoms with Gasteiger partial charge in [0.05, 0.1) is 7.11 Å². The number of carbonyl (C=O) groups is 1. The first-order chi connectivity index (χ1) is 7.61. The summed E-state index contributed by atoms with van der Waals surface area (Å²) >= 11 is 0. The van der Waals surface area contributed by atoms with E-state index in [-0.39, 0.29) is 23.7 Å². The summed E-state index contributed by atoms with van der Waals surface area (Å²) in [4.78, 5) is 11.7. The zero-order valence-electron chi connectivity index (χ0n) is 8.87. The topological polar surface area (TPSA) is 64.3 Å². The minimum atomic E-state index is -0.484. The third-order valence-electron chi connectivity index (χ3n) is 2.57. The Morgan fingerprint density at radius 3 is 2.88 bits per heavy atom. The number of benzene rings is 1. The van der Waals surface area contributed by atoms with Gasteiger partial charge in [0.2, 0.25) is 0 Å². The van der Waals surface area contributed by atoms with Crippen LogP contribution in [-0.4, -0.2) is 25.1 Å². The summed E-state index contributed by atoms with van der Waals surface area (Å²) in [6, 6.07) is 4.09. The number of methoxy groups -OCH3 is 1. The number of ether oxygens (including phenoxy) is 1. The van der Waals surface area contributed by atoms with Crippen molar-refractivity contribution < 1.29 is 13.9 Å². The molecule has 1 aliphatic carbocycles. The van der Waals surface area contributed by atoms with Gasteiger partial charge in [0.1, 0.15) is 0 Å². The maximum atomic E-state index is 13.1. The van der Waals surface area contributed by atoms with E-state index in [0.29, 0.717) is 5.56 Å². The van der Waals surface area contributed by atoms with Crippen molar-refractivity contribution in [3.05, 3.63) is 29.6 Å². The van der Waals surface area contributed by atoms with E-state index in [1.165, 1.54) is 25.3 Å². The van der Waals surface area contributed by atoms with Crippen LogP contribution in [0.1, 0.15) is 16.8 Å². The number of rotatable bonds is 3. The highest BCUT2D eigenvalue weighted by Crippen LogP contribution is 2.21. The SMILES string of the molecule is COc1cc(C(=O)NC2CC2N)ccc1F. The quantitative estimate of drug-likeness (QED) is 0.792. The molecule has 0 saturated heterocycles. The van der Waals surface area contributed by atoms with Crippen LogP contribution in [0.4, 0.5) is 4.39 Å². The van der Waals surface area contributed by atoms with Gasteiger partial charge in [0.25, 0.3) is 5.91 Å². The molecule has 1 aliphatic rings. The Hall–Kier alpha value is -1.62. The molecule has 4 nitrogen and oxygen atoms in total. The summed E-state index contributed by atoms with van der Waals surface area (Å²) in [6.07, 6.45) is 0.796. The number of nitrogens with one attached hydrogen (secondary N) is 1. The molecular weight excluding hydrogens is 211 g/mol. The first-order valence-electron chi connectivity index (χ1n) is 5.02. The van der Waals surface area contributed by atoms with E-state index in [9.17, 15) is 9.18 Å². The lowest BCUT2D eigenvalue weighted by Gasteiger charge is -2.06. The average Bonchev–Trinajstić information content (AvgIpc) is 2.94. The van der Waals surface area contributed by atoms with Gasteiger partial charge in [-0.25, -0.2) is 4.39 Å². The summed E-state index contributed by atoms with van der Waals surface area (Å²) in [5, 5.41) is 2.75. The molecule has 1 aromatic carbocycles. The molecule has 0 aromatic heterocycles. The van der Waals surface area contributed by atoms with Gasteiger partial charge in [0.15, 0.2) is 11.6 Å². The first-order valence-corrected chi connectivity index (χ1v) is 5.02. The van der Waals surface area contributed by atoms with Crippen LogP contribution in [0.15, 0.2) is 18.2 Å². The molecular formula is C11H13FN2O2. The molecule has 2 rings (SSSR count). The van der Waals surface area contributed by atoms with Crippen LogP contribution in [0.25, 0.3) is 0 Å². The fourth-order valence-corrected chi connectivity index (χ4v) is 1.43. The van der Waals surface area contributed by atoms with Crippen molar-refractivity contribution in [1.82, 2.24) is 5.32 Å². The van der Waals surface area contributed by atoms with Gasteiger partial charge in [0, 0.05) is 17.6 Å². The van der Waals surface area contributed by atoms with E-state index in [4.69, 9.17) is 10.5 Å². The summed E-state index contributed by atoms with van der Waals surface area (Å²) < 4.78 is 17.9. The Kier molecular flexibility index (Phi) is 2.78. The molecule has 3 N–H and O–H groups in total. The van der Waals surface area contributed by atoms with Crippen LogP contribution in [0, 0.1) is 5.82 Å². The molecule has 0 aliphatic heterocycles. The van der Waals surface area contributed by atoms with Crippen LogP contribution in [-0.2, 0) is 0 Å². The lowest BCUT2D eigenvalue weighted by atomic mass is 10.2. The highest BCUT2D eigenvalue weighted by Gasteiger charge is 2.34. The van der Waals surface area contributed by atoms with Crippen molar-refractivity contribution in [1.29, 1.82) is 0 Å². The fourth-order valence-electron chi connectivity index (χ4n) is 1.43. The van der Waals surface area contributed by atoms with Gasteiger partial charge in [-0.2, -0.15) is 0 Å². The Morgan fingerprint density at radius 2 is 2.31 bits per heavy atom. The molecule has 0 bridgehead atoms. The Labute approximate surface area is 92.6 Å². The third kappa shape index (κ3) is 2.14. The number of halogens is 1. The maximum absolute atomic E-state index is 13.1. The molecule has 16 heavy (non-hydrogen) atoms. The lowest BCUT2D eigenvalue weighted by Crippen LogP contribution is -2.29. The van der Waals surface area contributed by atoms with Crippen LogP contribution in [0.2, 0.25) is 0 Å². The number of amides is 1. The van der Waals surface area contributed by atoms with Gasteiger partial charge in [-0.1, -0.05) is 0 Å². The average molecular weight is 224 g/mol. The zero-order chi connectivity index (χ0) is 11.7. The van der Waals surface area contributed by atoms with Crippen molar-refractivity contribution in [2.24, 2.45) is 5.73 Å². The summed E-state index contributed by atoms with van der Waals surface area (Å²) in [5.74, 6) is -0.675. The van der Waals surface area contributed by atoms with Crippen LogP contribution in [0.5, 0.6) is 5.75 Å². The highest BCUT2D eigenvalue weighted by molar-refractivity contribution is 5.95. The molecule has 1 fully saturated rings. The smallest absolute Gasteiger partial charge is 0.251 e. The Bertz CT molecular complexity index is 422. The maximum Gasteiger partial charge on any atom is 0.251 e. The number of nitrogens with two attached hydrogens (primary N) is 1. The van der Waals surface area contributed by atoms with Crippen molar-refractivity contribution >= 4 is 5.91 Å². The van der Waals surface area contributed by atoms with Crippen LogP contribution < -0.4 is 15.8 Å². The minimum absolute atomic E-state index is 0.0450. The predicted molar refractivity (Wildman–Crippen MR) is 56.8 cm³/mol. The molecule has 1 amide bonds. The van der Waals surface area contributed by atoms with Gasteiger partial charge < -0.3 is 15.8 Å². The molecule has 1 aromatic rings. The second kappa shape index (κ2) is 4.09. The second-order valence-electron chi connectivity index (χ2n) is 3.83. The van der Waals surface area contributed by atoms with Crippen molar-refractivity contribution in [3.8, 4) is 5.75 Å². The zero-order valence-corrected chi connectivity index (χ0v) is 8.87. The molecule has 2 unspecified atom stereocenters. The number of hydrogen-bond acceptors (Lipinski definition) is 3. The van der Waals surface area contributed by atoms with Crippen molar-refractivity contribution in [3.63, 3.8) is 0 Å². The van der Waals surface area contributed by atoms with Crippen molar-refractivity contribution in [2.45, 2.75) is 18.5 Å². The molecule has 0 spiro atoms. The molecule has 2 atom stereocenters. The molecule has 0 radical (unpaired) electrons. The van der Waals surface area contributed by atoms with Crippen LogP contribution in [0.3, 0.4) is 0 Å². The molecule has 5 heteroatoms. The lowest BCUT2D eigenvalue weighted by molar-refractivity contribution is 0.0950. The van der Waals surface area contributed by atoms with E-state index in [0.717, 1.165) is 6.42 Å². The number of carbonyl (C=O) groups excluding carboxylic acids is 1. The molecule has 0 heterocycles. The summed E-state index contributed by atoms with van der Waals surface area (Å²) in [5.41, 5.74) is 5.95.